The quantitative estimate of drug-likeness (QED) is 0.772. The number of hydrogen-bond donors (Lipinski definition) is 2. The van der Waals surface area contributed by atoms with Crippen molar-refractivity contribution in [3.05, 3.63) is 29.8 Å². The molecule has 0 amide bonds. The van der Waals surface area contributed by atoms with E-state index in [1.165, 1.54) is 12.1 Å². The van der Waals surface area contributed by atoms with Crippen molar-refractivity contribution in [3.8, 4) is 5.75 Å². The van der Waals surface area contributed by atoms with Gasteiger partial charge in [-0.1, -0.05) is 6.07 Å². The van der Waals surface area contributed by atoms with Gasteiger partial charge in [0.2, 0.25) is 0 Å². The monoisotopic (exact) mass is 307 g/mol. The molecule has 0 radical (unpaired) electrons. The van der Waals surface area contributed by atoms with Crippen molar-refractivity contribution in [3.63, 3.8) is 0 Å². The Balaban J connectivity index is 2.41. The average Bonchev–Trinajstić information content (AvgIpc) is 2.42. The zero-order valence-corrected chi connectivity index (χ0v) is 12.0. The number of rotatable bonds is 8. The van der Waals surface area contributed by atoms with Crippen molar-refractivity contribution in [2.45, 2.75) is 25.2 Å². The van der Waals surface area contributed by atoms with E-state index < -0.39 is 17.8 Å². The van der Waals surface area contributed by atoms with Crippen LogP contribution in [-0.4, -0.2) is 44.1 Å². The Morgan fingerprint density at radius 2 is 2.00 bits per heavy atom. The van der Waals surface area contributed by atoms with Gasteiger partial charge in [0.15, 0.2) is 0 Å². The molecule has 0 saturated carbocycles. The predicted octanol–water partition coefficient (Wildman–Crippen LogP) is 2.07. The van der Waals surface area contributed by atoms with Crippen LogP contribution in [0.5, 0.6) is 5.75 Å². The summed E-state index contributed by atoms with van der Waals surface area (Å²) in [5, 5.41) is 12.7. The van der Waals surface area contributed by atoms with Crippen LogP contribution in [0.4, 0.5) is 13.2 Å². The topological polar surface area (TPSA) is 50.7 Å². The van der Waals surface area contributed by atoms with Gasteiger partial charge in [0.05, 0.1) is 12.2 Å². The van der Waals surface area contributed by atoms with Crippen LogP contribution in [-0.2, 0) is 10.9 Å². The largest absolute Gasteiger partial charge is 0.491 e. The van der Waals surface area contributed by atoms with Gasteiger partial charge in [-0.25, -0.2) is 0 Å². The Morgan fingerprint density at radius 3 is 2.62 bits per heavy atom. The van der Waals surface area contributed by atoms with Crippen LogP contribution in [0.3, 0.4) is 0 Å². The second kappa shape index (κ2) is 8.21. The van der Waals surface area contributed by atoms with Gasteiger partial charge in [0, 0.05) is 19.7 Å². The van der Waals surface area contributed by atoms with Gasteiger partial charge in [-0.3, -0.25) is 0 Å². The van der Waals surface area contributed by atoms with E-state index in [0.29, 0.717) is 6.61 Å². The second-order valence-electron chi connectivity index (χ2n) is 4.76. The molecule has 4 nitrogen and oxygen atoms in total. The van der Waals surface area contributed by atoms with Crippen molar-refractivity contribution < 1.29 is 27.8 Å². The maximum absolute atomic E-state index is 12.5. The van der Waals surface area contributed by atoms with Crippen molar-refractivity contribution in [1.82, 2.24) is 5.32 Å². The summed E-state index contributed by atoms with van der Waals surface area (Å²) in [7, 11) is 1.57. The first-order chi connectivity index (χ1) is 9.82. The molecule has 0 aliphatic rings. The van der Waals surface area contributed by atoms with Gasteiger partial charge in [-0.2, -0.15) is 13.2 Å². The minimum atomic E-state index is -4.41. The first kappa shape index (κ1) is 17.7. The van der Waals surface area contributed by atoms with E-state index in [9.17, 15) is 18.3 Å². The van der Waals surface area contributed by atoms with Crippen LogP contribution < -0.4 is 10.1 Å². The Labute approximate surface area is 121 Å². The summed E-state index contributed by atoms with van der Waals surface area (Å²) in [6.45, 7) is 2.57. The Bertz CT molecular complexity index is 426. The first-order valence-corrected chi connectivity index (χ1v) is 6.53. The number of benzene rings is 1. The fraction of sp³-hybridized carbons (Fsp3) is 0.571. The molecule has 0 fully saturated rings. The lowest BCUT2D eigenvalue weighted by Crippen LogP contribution is -2.38. The molecule has 2 unspecified atom stereocenters. The van der Waals surface area contributed by atoms with Gasteiger partial charge >= 0.3 is 6.18 Å². The summed E-state index contributed by atoms with van der Waals surface area (Å²) in [4.78, 5) is 0. The molecule has 0 heterocycles. The number of aliphatic hydroxyl groups is 1. The molecule has 1 rings (SSSR count). The molecule has 0 aromatic heterocycles. The minimum Gasteiger partial charge on any atom is -0.491 e. The van der Waals surface area contributed by atoms with E-state index in [1.54, 1.807) is 7.11 Å². The normalized spacial score (nSPS) is 14.8. The summed E-state index contributed by atoms with van der Waals surface area (Å²) in [6, 6.07) is 4.63. The molecule has 1 aromatic carbocycles. The summed E-state index contributed by atoms with van der Waals surface area (Å²) in [5.41, 5.74) is -0.777. The third kappa shape index (κ3) is 6.79. The van der Waals surface area contributed by atoms with E-state index in [4.69, 9.17) is 9.47 Å². The molecule has 0 saturated heterocycles. The van der Waals surface area contributed by atoms with Crippen LogP contribution in [0.25, 0.3) is 0 Å². The van der Waals surface area contributed by atoms with Gasteiger partial charge in [0.1, 0.15) is 18.5 Å². The zero-order chi connectivity index (χ0) is 15.9. The molecular weight excluding hydrogens is 287 g/mol. The maximum Gasteiger partial charge on any atom is 0.416 e. The predicted molar refractivity (Wildman–Crippen MR) is 72.3 cm³/mol. The number of hydrogen-bond acceptors (Lipinski definition) is 4. The van der Waals surface area contributed by atoms with E-state index in [1.807, 2.05) is 6.92 Å². The van der Waals surface area contributed by atoms with Crippen molar-refractivity contribution in [1.29, 1.82) is 0 Å². The average molecular weight is 307 g/mol. The number of methoxy groups -OCH3 is 1. The van der Waals surface area contributed by atoms with Crippen molar-refractivity contribution in [2.24, 2.45) is 0 Å². The lowest BCUT2D eigenvalue weighted by Gasteiger charge is -2.17. The van der Waals surface area contributed by atoms with E-state index in [0.717, 1.165) is 12.1 Å². The van der Waals surface area contributed by atoms with Crippen LogP contribution in [0.15, 0.2) is 24.3 Å². The summed E-state index contributed by atoms with van der Waals surface area (Å²) in [5.74, 6) is 0.0776. The fourth-order valence-corrected chi connectivity index (χ4v) is 1.66. The molecule has 0 spiro atoms. The van der Waals surface area contributed by atoms with E-state index >= 15 is 0 Å². The summed E-state index contributed by atoms with van der Waals surface area (Å²) < 4.78 is 47.7. The number of halogens is 3. The SMILES string of the molecule is COCC(C)NCC(O)COc1cccc(C(F)(F)F)c1. The molecule has 2 atom stereocenters. The molecule has 1 aromatic rings. The molecule has 0 bridgehead atoms. The van der Waals surface area contributed by atoms with E-state index in [-0.39, 0.29) is 24.9 Å². The number of aliphatic hydroxyl groups excluding tert-OH is 1. The van der Waals surface area contributed by atoms with Crippen LogP contribution in [0.1, 0.15) is 12.5 Å². The van der Waals surface area contributed by atoms with Crippen LogP contribution in [0, 0.1) is 0 Å². The smallest absolute Gasteiger partial charge is 0.416 e. The second-order valence-corrected chi connectivity index (χ2v) is 4.76. The molecule has 0 aliphatic carbocycles. The van der Waals surface area contributed by atoms with E-state index in [2.05, 4.69) is 5.32 Å². The lowest BCUT2D eigenvalue weighted by molar-refractivity contribution is -0.137. The lowest BCUT2D eigenvalue weighted by atomic mass is 10.2. The zero-order valence-electron chi connectivity index (χ0n) is 12.0. The standard InChI is InChI=1S/C14H20F3NO3/c1-10(8-20-2)18-7-12(19)9-21-13-5-3-4-11(6-13)14(15,16)17/h3-6,10,12,18-19H,7-9H2,1-2H3. The number of ether oxygens (including phenoxy) is 2. The molecular formula is C14H20F3NO3. The highest BCUT2D eigenvalue weighted by Crippen LogP contribution is 2.31. The molecule has 2 N–H and O–H groups in total. The van der Waals surface area contributed by atoms with Crippen LogP contribution in [0.2, 0.25) is 0 Å². The third-order valence-electron chi connectivity index (χ3n) is 2.72. The maximum atomic E-state index is 12.5. The summed E-state index contributed by atoms with van der Waals surface area (Å²) in [6.07, 6.45) is -5.23. The summed E-state index contributed by atoms with van der Waals surface area (Å²) >= 11 is 0. The van der Waals surface area contributed by atoms with Crippen molar-refractivity contribution in [2.75, 3.05) is 26.9 Å². The number of nitrogens with one attached hydrogen (secondary N) is 1. The Hall–Kier alpha value is -1.31. The highest BCUT2D eigenvalue weighted by molar-refractivity contribution is 5.30. The number of alkyl halides is 3. The van der Waals surface area contributed by atoms with Gasteiger partial charge < -0.3 is 19.9 Å². The first-order valence-electron chi connectivity index (χ1n) is 6.53. The minimum absolute atomic E-state index is 0.0678. The van der Waals surface area contributed by atoms with Gasteiger partial charge in [0.25, 0.3) is 0 Å². The molecule has 0 aliphatic heterocycles. The Morgan fingerprint density at radius 1 is 1.29 bits per heavy atom. The van der Waals surface area contributed by atoms with Crippen LogP contribution >= 0.6 is 0 Å². The highest BCUT2D eigenvalue weighted by Gasteiger charge is 2.30. The van der Waals surface area contributed by atoms with Crippen molar-refractivity contribution >= 4 is 0 Å². The van der Waals surface area contributed by atoms with Gasteiger partial charge in [-0.15, -0.1) is 0 Å². The third-order valence-corrected chi connectivity index (χ3v) is 2.72. The molecule has 21 heavy (non-hydrogen) atoms. The highest BCUT2D eigenvalue weighted by atomic mass is 19.4. The fourth-order valence-electron chi connectivity index (χ4n) is 1.66. The molecule has 120 valence electrons. The van der Waals surface area contributed by atoms with Gasteiger partial charge in [-0.05, 0) is 25.1 Å². The Kier molecular flexibility index (Phi) is 6.94. The molecule has 7 heteroatoms.